The van der Waals surface area contributed by atoms with Crippen LogP contribution in [0.4, 0.5) is 5.82 Å². The van der Waals surface area contributed by atoms with Crippen molar-refractivity contribution in [3.8, 4) is 0 Å². The van der Waals surface area contributed by atoms with Gasteiger partial charge in [-0.15, -0.1) is 11.3 Å². The number of fused-ring (bicyclic) bond motifs is 1. The van der Waals surface area contributed by atoms with Gasteiger partial charge in [0.25, 0.3) is 0 Å². The summed E-state index contributed by atoms with van der Waals surface area (Å²) >= 11 is 7.81. The lowest BCUT2D eigenvalue weighted by Gasteiger charge is -2.33. The van der Waals surface area contributed by atoms with Crippen molar-refractivity contribution in [2.75, 3.05) is 64.0 Å². The quantitative estimate of drug-likeness (QED) is 0.729. The van der Waals surface area contributed by atoms with Gasteiger partial charge in [-0.25, -0.2) is 4.98 Å². The number of carbonyl (C=O) groups excluding carboxylic acids is 1. The second-order valence-electron chi connectivity index (χ2n) is 6.66. The van der Waals surface area contributed by atoms with Gasteiger partial charge in [0.05, 0.1) is 36.6 Å². The van der Waals surface area contributed by atoms with Gasteiger partial charge in [-0.3, -0.25) is 9.69 Å². The van der Waals surface area contributed by atoms with E-state index in [0.29, 0.717) is 39.4 Å². The van der Waals surface area contributed by atoms with E-state index in [0.717, 1.165) is 40.5 Å². The van der Waals surface area contributed by atoms with Crippen LogP contribution in [-0.2, 0) is 16.1 Å². The standard InChI is InChI=1S/C17H22ClN5O3S/c18-17-19-13-9-12(10-21-1-2-22(3-6-24)14(25)11-21)27-15(13)16(20-17)23-4-7-26-8-5-23/h9,24H,1-8,10-11H2. The summed E-state index contributed by atoms with van der Waals surface area (Å²) in [6.07, 6.45) is 0. The van der Waals surface area contributed by atoms with Gasteiger partial charge in [0.2, 0.25) is 11.2 Å². The first-order valence-electron chi connectivity index (χ1n) is 9.03. The summed E-state index contributed by atoms with van der Waals surface area (Å²) in [6, 6.07) is 2.04. The second kappa shape index (κ2) is 8.24. The van der Waals surface area contributed by atoms with Gasteiger partial charge >= 0.3 is 0 Å². The summed E-state index contributed by atoms with van der Waals surface area (Å²) in [5.41, 5.74) is 0.849. The maximum atomic E-state index is 12.2. The smallest absolute Gasteiger partial charge is 0.236 e. The molecule has 0 unspecified atom stereocenters. The highest BCUT2D eigenvalue weighted by atomic mass is 35.5. The number of carbonyl (C=O) groups is 1. The number of nitrogens with zero attached hydrogens (tertiary/aromatic N) is 5. The first-order chi connectivity index (χ1) is 13.1. The average molecular weight is 412 g/mol. The molecule has 2 aliphatic heterocycles. The third-order valence-electron chi connectivity index (χ3n) is 4.84. The molecule has 2 aromatic heterocycles. The van der Waals surface area contributed by atoms with Crippen LogP contribution in [0.15, 0.2) is 6.07 Å². The molecule has 1 N–H and O–H groups in total. The third-order valence-corrected chi connectivity index (χ3v) is 6.11. The topological polar surface area (TPSA) is 82.0 Å². The number of amides is 1. The SMILES string of the molecule is O=C1CN(Cc2cc3nc(Cl)nc(N4CCOCC4)c3s2)CCN1CCO. The Morgan fingerprint density at radius 1 is 1.22 bits per heavy atom. The van der Waals surface area contributed by atoms with Gasteiger partial charge in [0.1, 0.15) is 0 Å². The highest BCUT2D eigenvalue weighted by Gasteiger charge is 2.25. The lowest BCUT2D eigenvalue weighted by atomic mass is 10.3. The summed E-state index contributed by atoms with van der Waals surface area (Å²) in [7, 11) is 0. The van der Waals surface area contributed by atoms with Crippen LogP contribution < -0.4 is 4.90 Å². The fourth-order valence-electron chi connectivity index (χ4n) is 3.47. The lowest BCUT2D eigenvalue weighted by molar-refractivity contribution is -0.136. The molecule has 4 heterocycles. The molecule has 2 aliphatic rings. The number of aromatic nitrogens is 2. The van der Waals surface area contributed by atoms with Crippen LogP contribution in [0.5, 0.6) is 0 Å². The number of β-amino-alcohol motifs (C(OH)–C–C–N with tert-alkyl or cyclic N) is 1. The Balaban J connectivity index is 1.52. The summed E-state index contributed by atoms with van der Waals surface area (Å²) in [5.74, 6) is 0.932. The van der Waals surface area contributed by atoms with Crippen LogP contribution >= 0.6 is 22.9 Å². The van der Waals surface area contributed by atoms with Gasteiger partial charge in [0, 0.05) is 44.1 Å². The number of rotatable bonds is 5. The van der Waals surface area contributed by atoms with E-state index < -0.39 is 0 Å². The summed E-state index contributed by atoms with van der Waals surface area (Å²) in [6.45, 7) is 5.87. The van der Waals surface area contributed by atoms with E-state index in [1.54, 1.807) is 16.2 Å². The number of hydrogen-bond donors (Lipinski definition) is 1. The second-order valence-corrected chi connectivity index (χ2v) is 8.13. The monoisotopic (exact) mass is 411 g/mol. The number of thiophene rings is 1. The Kier molecular flexibility index (Phi) is 5.74. The van der Waals surface area contributed by atoms with Crippen LogP contribution in [-0.4, -0.2) is 89.9 Å². The van der Waals surface area contributed by atoms with Crippen molar-refractivity contribution in [2.24, 2.45) is 0 Å². The van der Waals surface area contributed by atoms with Gasteiger partial charge in [-0.2, -0.15) is 4.98 Å². The molecule has 2 fully saturated rings. The van der Waals surface area contributed by atoms with Crippen molar-refractivity contribution in [1.82, 2.24) is 19.8 Å². The van der Waals surface area contributed by atoms with E-state index in [4.69, 9.17) is 21.4 Å². The summed E-state index contributed by atoms with van der Waals surface area (Å²) < 4.78 is 6.46. The number of aliphatic hydroxyl groups is 1. The van der Waals surface area contributed by atoms with E-state index in [1.807, 2.05) is 6.07 Å². The van der Waals surface area contributed by atoms with E-state index in [2.05, 4.69) is 19.8 Å². The molecule has 4 rings (SSSR count). The van der Waals surface area contributed by atoms with E-state index >= 15 is 0 Å². The molecular weight excluding hydrogens is 390 g/mol. The van der Waals surface area contributed by atoms with Crippen molar-refractivity contribution in [3.63, 3.8) is 0 Å². The zero-order valence-electron chi connectivity index (χ0n) is 14.9. The molecule has 0 radical (unpaired) electrons. The molecule has 0 aliphatic carbocycles. The molecule has 1 amide bonds. The first kappa shape index (κ1) is 18.8. The summed E-state index contributed by atoms with van der Waals surface area (Å²) in [5, 5.41) is 9.28. The Morgan fingerprint density at radius 2 is 2.04 bits per heavy atom. The average Bonchev–Trinajstić information content (AvgIpc) is 3.06. The van der Waals surface area contributed by atoms with Crippen LogP contribution in [0.2, 0.25) is 5.28 Å². The molecule has 0 aromatic carbocycles. The van der Waals surface area contributed by atoms with Crippen LogP contribution in [0.1, 0.15) is 4.88 Å². The number of aliphatic hydroxyl groups excluding tert-OH is 1. The zero-order valence-corrected chi connectivity index (χ0v) is 16.5. The first-order valence-corrected chi connectivity index (χ1v) is 10.2. The molecule has 146 valence electrons. The normalized spacial score (nSPS) is 19.3. The minimum Gasteiger partial charge on any atom is -0.395 e. The Bertz CT molecular complexity index is 826. The van der Waals surface area contributed by atoms with Crippen LogP contribution in [0.25, 0.3) is 10.2 Å². The fraction of sp³-hybridized carbons (Fsp3) is 0.588. The van der Waals surface area contributed by atoms with Crippen molar-refractivity contribution in [2.45, 2.75) is 6.54 Å². The van der Waals surface area contributed by atoms with E-state index in [9.17, 15) is 4.79 Å². The van der Waals surface area contributed by atoms with Gasteiger partial charge in [0.15, 0.2) is 5.82 Å². The van der Waals surface area contributed by atoms with Crippen molar-refractivity contribution in [1.29, 1.82) is 0 Å². The molecule has 27 heavy (non-hydrogen) atoms. The van der Waals surface area contributed by atoms with Crippen molar-refractivity contribution >= 4 is 44.9 Å². The van der Waals surface area contributed by atoms with Crippen molar-refractivity contribution in [3.05, 3.63) is 16.2 Å². The minimum atomic E-state index is 0.00575. The van der Waals surface area contributed by atoms with Crippen LogP contribution in [0, 0.1) is 0 Å². The van der Waals surface area contributed by atoms with Gasteiger partial charge < -0.3 is 19.6 Å². The minimum absolute atomic E-state index is 0.00575. The molecule has 8 nitrogen and oxygen atoms in total. The molecule has 0 bridgehead atoms. The maximum absolute atomic E-state index is 12.2. The molecule has 0 saturated carbocycles. The highest BCUT2D eigenvalue weighted by molar-refractivity contribution is 7.19. The Labute approximate surface area is 166 Å². The van der Waals surface area contributed by atoms with E-state index in [1.165, 1.54) is 0 Å². The number of ether oxygens (including phenoxy) is 1. The molecule has 2 saturated heterocycles. The number of hydrogen-bond acceptors (Lipinski definition) is 8. The molecule has 0 spiro atoms. The lowest BCUT2D eigenvalue weighted by Crippen LogP contribution is -2.50. The third kappa shape index (κ3) is 4.17. The predicted octanol–water partition coefficient (Wildman–Crippen LogP) is 0.818. The number of halogens is 1. The Hall–Kier alpha value is -1.52. The number of morpholine rings is 1. The number of anilines is 1. The van der Waals surface area contributed by atoms with Crippen molar-refractivity contribution < 1.29 is 14.6 Å². The van der Waals surface area contributed by atoms with Gasteiger partial charge in [-0.05, 0) is 17.7 Å². The zero-order chi connectivity index (χ0) is 18.8. The fourth-order valence-corrected chi connectivity index (χ4v) is 4.80. The van der Waals surface area contributed by atoms with Crippen LogP contribution in [0.3, 0.4) is 0 Å². The Morgan fingerprint density at radius 3 is 2.78 bits per heavy atom. The molecular formula is C17H22ClN5O3S. The molecule has 10 heteroatoms. The van der Waals surface area contributed by atoms with Gasteiger partial charge in [-0.1, -0.05) is 0 Å². The predicted molar refractivity (Wildman–Crippen MR) is 104 cm³/mol. The molecule has 0 atom stereocenters. The molecule has 2 aromatic rings. The van der Waals surface area contributed by atoms with E-state index in [-0.39, 0.29) is 17.8 Å². The largest absolute Gasteiger partial charge is 0.395 e. The maximum Gasteiger partial charge on any atom is 0.236 e. The highest BCUT2D eigenvalue weighted by Crippen LogP contribution is 2.34. The number of piperazine rings is 1. The summed E-state index contributed by atoms with van der Waals surface area (Å²) in [4.78, 5) is 28.2.